The zero-order valence-corrected chi connectivity index (χ0v) is 18.1. The molecule has 0 unspecified atom stereocenters. The summed E-state index contributed by atoms with van der Waals surface area (Å²) in [5, 5.41) is 10.9. The quantitative estimate of drug-likeness (QED) is 0.489. The van der Waals surface area contributed by atoms with E-state index in [-0.39, 0.29) is 5.91 Å². The number of nitrogens with one attached hydrogen (secondary N) is 2. The van der Waals surface area contributed by atoms with Gasteiger partial charge in [0.1, 0.15) is 11.8 Å². The first kappa shape index (κ1) is 20.4. The fourth-order valence-electron chi connectivity index (χ4n) is 3.87. The van der Waals surface area contributed by atoms with Gasteiger partial charge in [0.15, 0.2) is 5.82 Å². The van der Waals surface area contributed by atoms with Crippen LogP contribution in [0.5, 0.6) is 5.75 Å². The Morgan fingerprint density at radius 1 is 1.06 bits per heavy atom. The SMILES string of the molecule is COc1ccccc1-c1nc2n(n1)[C@@H](c1cccnc1)C(C(=O)Nc1cccnc1)=C(C)N2. The van der Waals surface area contributed by atoms with Gasteiger partial charge >= 0.3 is 0 Å². The first-order valence-electron chi connectivity index (χ1n) is 10.3. The molecule has 9 nitrogen and oxygen atoms in total. The molecule has 1 atom stereocenters. The predicted molar refractivity (Wildman–Crippen MR) is 124 cm³/mol. The highest BCUT2D eigenvalue weighted by atomic mass is 16.5. The van der Waals surface area contributed by atoms with Crippen molar-refractivity contribution in [3.05, 3.63) is 90.2 Å². The molecule has 33 heavy (non-hydrogen) atoms. The lowest BCUT2D eigenvalue weighted by molar-refractivity contribution is -0.113. The molecule has 164 valence electrons. The second-order valence-electron chi connectivity index (χ2n) is 7.45. The number of carbonyl (C=O) groups excluding carboxylic acids is 1. The minimum Gasteiger partial charge on any atom is -0.496 e. The summed E-state index contributed by atoms with van der Waals surface area (Å²) in [6, 6.07) is 14.3. The lowest BCUT2D eigenvalue weighted by Gasteiger charge is -2.28. The molecule has 5 rings (SSSR count). The Morgan fingerprint density at radius 3 is 2.58 bits per heavy atom. The highest BCUT2D eigenvalue weighted by molar-refractivity contribution is 6.05. The number of aromatic nitrogens is 5. The van der Waals surface area contributed by atoms with E-state index >= 15 is 0 Å². The van der Waals surface area contributed by atoms with Gasteiger partial charge in [0, 0.05) is 24.3 Å². The normalized spacial score (nSPS) is 14.9. The van der Waals surface area contributed by atoms with Crippen molar-refractivity contribution in [1.29, 1.82) is 0 Å². The fourth-order valence-corrected chi connectivity index (χ4v) is 3.87. The van der Waals surface area contributed by atoms with E-state index in [1.807, 2.05) is 43.3 Å². The van der Waals surface area contributed by atoms with Gasteiger partial charge in [-0.2, -0.15) is 4.98 Å². The number of benzene rings is 1. The Balaban J connectivity index is 1.61. The topological polar surface area (TPSA) is 107 Å². The molecular formula is C24H21N7O2. The van der Waals surface area contributed by atoms with Gasteiger partial charge in [0.05, 0.1) is 30.1 Å². The second-order valence-corrected chi connectivity index (χ2v) is 7.45. The maximum absolute atomic E-state index is 13.4. The van der Waals surface area contributed by atoms with E-state index in [1.54, 1.807) is 48.7 Å². The van der Waals surface area contributed by atoms with Crippen molar-refractivity contribution >= 4 is 17.5 Å². The van der Waals surface area contributed by atoms with Crippen molar-refractivity contribution in [3.63, 3.8) is 0 Å². The molecule has 1 aliphatic rings. The number of carbonyl (C=O) groups is 1. The van der Waals surface area contributed by atoms with Crippen LogP contribution < -0.4 is 15.4 Å². The van der Waals surface area contributed by atoms with Crippen LogP contribution in [0, 0.1) is 0 Å². The summed E-state index contributed by atoms with van der Waals surface area (Å²) >= 11 is 0. The number of rotatable bonds is 5. The maximum atomic E-state index is 13.4. The van der Waals surface area contributed by atoms with Crippen LogP contribution in [0.1, 0.15) is 18.5 Å². The Hall–Kier alpha value is -4.53. The zero-order valence-electron chi connectivity index (χ0n) is 18.1. The van der Waals surface area contributed by atoms with E-state index in [1.165, 1.54) is 0 Å². The molecule has 0 saturated carbocycles. The molecule has 0 bridgehead atoms. The molecule has 0 fully saturated rings. The molecule has 1 amide bonds. The summed E-state index contributed by atoms with van der Waals surface area (Å²) in [7, 11) is 1.61. The number of methoxy groups -OCH3 is 1. The average Bonchev–Trinajstić information content (AvgIpc) is 3.27. The number of nitrogens with zero attached hydrogens (tertiary/aromatic N) is 5. The van der Waals surface area contributed by atoms with Gasteiger partial charge in [0.25, 0.3) is 5.91 Å². The summed E-state index contributed by atoms with van der Waals surface area (Å²) in [5.74, 6) is 1.42. The molecule has 4 aromatic rings. The summed E-state index contributed by atoms with van der Waals surface area (Å²) in [6.07, 6.45) is 6.68. The highest BCUT2D eigenvalue weighted by Gasteiger charge is 2.35. The number of ether oxygens (including phenoxy) is 1. The fraction of sp³-hybridized carbons (Fsp3) is 0.125. The molecule has 2 N–H and O–H groups in total. The summed E-state index contributed by atoms with van der Waals surface area (Å²) < 4.78 is 7.20. The molecule has 0 radical (unpaired) electrons. The third-order valence-corrected chi connectivity index (χ3v) is 5.36. The Morgan fingerprint density at radius 2 is 1.85 bits per heavy atom. The molecule has 1 aromatic carbocycles. The summed E-state index contributed by atoms with van der Waals surface area (Å²) in [4.78, 5) is 26.4. The number of hydrogen-bond acceptors (Lipinski definition) is 7. The maximum Gasteiger partial charge on any atom is 0.255 e. The molecule has 0 saturated heterocycles. The van der Waals surface area contributed by atoms with Crippen LogP contribution in [0.4, 0.5) is 11.6 Å². The Kier molecular flexibility index (Phi) is 5.27. The summed E-state index contributed by atoms with van der Waals surface area (Å²) in [5.41, 5.74) is 3.36. The van der Waals surface area contributed by atoms with Crippen LogP contribution >= 0.6 is 0 Å². The highest BCUT2D eigenvalue weighted by Crippen LogP contribution is 2.37. The van der Waals surface area contributed by atoms with Crippen molar-refractivity contribution in [2.24, 2.45) is 0 Å². The lowest BCUT2D eigenvalue weighted by atomic mass is 9.96. The van der Waals surface area contributed by atoms with Crippen LogP contribution in [-0.2, 0) is 4.79 Å². The monoisotopic (exact) mass is 439 g/mol. The lowest BCUT2D eigenvalue weighted by Crippen LogP contribution is -2.31. The molecule has 0 spiro atoms. The predicted octanol–water partition coefficient (Wildman–Crippen LogP) is 3.67. The zero-order chi connectivity index (χ0) is 22.8. The van der Waals surface area contributed by atoms with Gasteiger partial charge in [-0.15, -0.1) is 5.10 Å². The third kappa shape index (κ3) is 3.80. The van der Waals surface area contributed by atoms with Crippen LogP contribution in [0.2, 0.25) is 0 Å². The van der Waals surface area contributed by atoms with Gasteiger partial charge in [-0.3, -0.25) is 14.8 Å². The molecule has 1 aliphatic heterocycles. The summed E-state index contributed by atoms with van der Waals surface area (Å²) in [6.45, 7) is 1.85. The standard InChI is InChI=1S/C24H21N7O2/c1-15-20(23(32)28-17-8-6-12-26-14-17)21(16-7-5-11-25-13-16)31-24(27-15)29-22(30-31)18-9-3-4-10-19(18)33-2/h3-14,21H,1-2H3,(H,28,32)(H,27,29,30)/t21-/m0/s1. The number of fused-ring (bicyclic) bond motifs is 1. The molecule has 4 heterocycles. The Bertz CT molecular complexity index is 1330. The Labute approximate surface area is 190 Å². The van der Waals surface area contributed by atoms with Crippen molar-refractivity contribution in [1.82, 2.24) is 24.7 Å². The molecule has 0 aliphatic carbocycles. The first-order chi connectivity index (χ1) is 16.2. The number of amides is 1. The van der Waals surface area contributed by atoms with Crippen molar-refractivity contribution < 1.29 is 9.53 Å². The smallest absolute Gasteiger partial charge is 0.255 e. The number of hydrogen-bond donors (Lipinski definition) is 2. The number of para-hydroxylation sites is 1. The van der Waals surface area contributed by atoms with E-state index < -0.39 is 6.04 Å². The van der Waals surface area contributed by atoms with E-state index in [0.29, 0.717) is 34.5 Å². The molecular weight excluding hydrogens is 418 g/mol. The second kappa shape index (κ2) is 8.54. The van der Waals surface area contributed by atoms with Crippen LogP contribution in [-0.4, -0.2) is 37.7 Å². The molecule has 9 heteroatoms. The third-order valence-electron chi connectivity index (χ3n) is 5.36. The number of anilines is 2. The van der Waals surface area contributed by atoms with Crippen LogP contribution in [0.15, 0.2) is 84.6 Å². The van der Waals surface area contributed by atoms with Gasteiger partial charge in [-0.25, -0.2) is 4.68 Å². The minimum atomic E-state index is -0.525. The first-order valence-corrected chi connectivity index (χ1v) is 10.3. The average molecular weight is 439 g/mol. The molecule has 3 aromatic heterocycles. The van der Waals surface area contributed by atoms with E-state index in [4.69, 9.17) is 14.8 Å². The van der Waals surface area contributed by atoms with E-state index in [0.717, 1.165) is 11.1 Å². The van der Waals surface area contributed by atoms with Gasteiger partial charge in [0.2, 0.25) is 5.95 Å². The van der Waals surface area contributed by atoms with E-state index in [2.05, 4.69) is 20.6 Å². The van der Waals surface area contributed by atoms with Gasteiger partial charge in [-0.05, 0) is 42.8 Å². The number of pyridine rings is 2. The van der Waals surface area contributed by atoms with Crippen molar-refractivity contribution in [3.8, 4) is 17.1 Å². The largest absolute Gasteiger partial charge is 0.496 e. The van der Waals surface area contributed by atoms with Crippen molar-refractivity contribution in [2.75, 3.05) is 17.7 Å². The van der Waals surface area contributed by atoms with Gasteiger partial charge < -0.3 is 15.4 Å². The van der Waals surface area contributed by atoms with Crippen LogP contribution in [0.3, 0.4) is 0 Å². The number of allylic oxidation sites excluding steroid dienone is 1. The van der Waals surface area contributed by atoms with Crippen molar-refractivity contribution in [2.45, 2.75) is 13.0 Å². The minimum absolute atomic E-state index is 0.262. The van der Waals surface area contributed by atoms with E-state index in [9.17, 15) is 4.79 Å². The van der Waals surface area contributed by atoms with Crippen LogP contribution in [0.25, 0.3) is 11.4 Å². The van der Waals surface area contributed by atoms with Gasteiger partial charge in [-0.1, -0.05) is 18.2 Å².